The monoisotopic (exact) mass is 284 g/mol. The van der Waals surface area contributed by atoms with Crippen molar-refractivity contribution in [2.75, 3.05) is 0 Å². The largest absolute Gasteiger partial charge is 0.392 e. The van der Waals surface area contributed by atoms with Gasteiger partial charge in [0.15, 0.2) is 0 Å². The Morgan fingerprint density at radius 3 is 2.45 bits per heavy atom. The van der Waals surface area contributed by atoms with Gasteiger partial charge in [0.2, 0.25) is 0 Å². The topological polar surface area (TPSA) is 56.9 Å². The summed E-state index contributed by atoms with van der Waals surface area (Å²) in [6.07, 6.45) is 0. The van der Waals surface area contributed by atoms with E-state index in [1.165, 1.54) is 0 Å². The highest BCUT2D eigenvalue weighted by Crippen LogP contribution is 2.26. The number of nitriles is 1. The molecule has 1 aromatic carbocycles. The minimum Gasteiger partial charge on any atom is -0.392 e. The molecule has 0 saturated carbocycles. The second kappa shape index (κ2) is 6.56. The Bertz CT molecular complexity index is 645. The van der Waals surface area contributed by atoms with E-state index >= 15 is 0 Å². The van der Waals surface area contributed by atoms with E-state index in [0.29, 0.717) is 5.56 Å². The third kappa shape index (κ3) is 3.38. The molecule has 20 heavy (non-hydrogen) atoms. The first-order chi connectivity index (χ1) is 9.63. The van der Waals surface area contributed by atoms with Crippen molar-refractivity contribution in [3.8, 4) is 6.07 Å². The number of hydrogen-bond acceptors (Lipinski definition) is 4. The normalized spacial score (nSPS) is 10.3. The Morgan fingerprint density at radius 2 is 1.85 bits per heavy atom. The van der Waals surface area contributed by atoms with Crippen LogP contribution >= 0.6 is 11.8 Å². The van der Waals surface area contributed by atoms with Crippen molar-refractivity contribution in [2.24, 2.45) is 0 Å². The average molecular weight is 284 g/mol. The summed E-state index contributed by atoms with van der Waals surface area (Å²) in [6.45, 7) is 3.94. The molecule has 0 atom stereocenters. The molecule has 0 amide bonds. The molecule has 102 valence electrons. The molecule has 1 aromatic heterocycles. The number of rotatable bonds is 4. The fourth-order valence-electron chi connectivity index (χ4n) is 1.94. The van der Waals surface area contributed by atoms with Gasteiger partial charge in [-0.25, -0.2) is 4.98 Å². The molecule has 0 unspecified atom stereocenters. The van der Waals surface area contributed by atoms with Crippen LogP contribution in [-0.4, -0.2) is 10.1 Å². The number of hydrogen-bond donors (Lipinski definition) is 1. The van der Waals surface area contributed by atoms with Crippen molar-refractivity contribution in [1.29, 1.82) is 5.26 Å². The summed E-state index contributed by atoms with van der Waals surface area (Å²) in [4.78, 5) is 4.45. The van der Waals surface area contributed by atoms with Gasteiger partial charge >= 0.3 is 0 Å². The summed E-state index contributed by atoms with van der Waals surface area (Å²) in [7, 11) is 0. The first kappa shape index (κ1) is 14.6. The standard InChI is InChI=1S/C16H16N2OS/c1-11-7-12(2)18-16(15(11)8-17)20-10-14-5-3-13(9-19)4-6-14/h3-7,19H,9-10H2,1-2H3. The predicted octanol–water partition coefficient (Wildman–Crippen LogP) is 3.35. The molecule has 0 bridgehead atoms. The lowest BCUT2D eigenvalue weighted by molar-refractivity contribution is 0.282. The van der Waals surface area contributed by atoms with Gasteiger partial charge in [0.1, 0.15) is 11.1 Å². The van der Waals surface area contributed by atoms with Crippen LogP contribution in [0.1, 0.15) is 27.9 Å². The van der Waals surface area contributed by atoms with Gasteiger partial charge in [-0.3, -0.25) is 0 Å². The minimum atomic E-state index is 0.0602. The van der Waals surface area contributed by atoms with Gasteiger partial charge in [0.25, 0.3) is 0 Å². The summed E-state index contributed by atoms with van der Waals surface area (Å²) in [5, 5.41) is 19.0. The van der Waals surface area contributed by atoms with Gasteiger partial charge < -0.3 is 5.11 Å². The van der Waals surface area contributed by atoms with Crippen LogP contribution in [0.4, 0.5) is 0 Å². The van der Waals surface area contributed by atoms with Crippen LogP contribution in [0, 0.1) is 25.2 Å². The maximum absolute atomic E-state index is 9.22. The molecule has 0 aliphatic rings. The SMILES string of the molecule is Cc1cc(C)c(C#N)c(SCc2ccc(CO)cc2)n1. The Hall–Kier alpha value is -1.83. The Balaban J connectivity index is 2.16. The smallest absolute Gasteiger partial charge is 0.115 e. The molecule has 0 aliphatic heterocycles. The fraction of sp³-hybridized carbons (Fsp3) is 0.250. The molecule has 2 aromatic rings. The Morgan fingerprint density at radius 1 is 1.20 bits per heavy atom. The van der Waals surface area contributed by atoms with E-state index < -0.39 is 0 Å². The van der Waals surface area contributed by atoms with Crippen molar-refractivity contribution < 1.29 is 5.11 Å². The van der Waals surface area contributed by atoms with Crippen molar-refractivity contribution in [3.63, 3.8) is 0 Å². The number of aliphatic hydroxyl groups excluding tert-OH is 1. The Kier molecular flexibility index (Phi) is 4.78. The van der Waals surface area contributed by atoms with Crippen LogP contribution in [0.5, 0.6) is 0 Å². The van der Waals surface area contributed by atoms with Crippen LogP contribution in [0.15, 0.2) is 35.4 Å². The van der Waals surface area contributed by atoms with Crippen molar-refractivity contribution in [3.05, 3.63) is 58.3 Å². The number of aryl methyl sites for hydroxylation is 2. The zero-order valence-electron chi connectivity index (χ0n) is 11.6. The first-order valence-corrected chi connectivity index (χ1v) is 7.32. The van der Waals surface area contributed by atoms with Crippen molar-refractivity contribution in [2.45, 2.75) is 31.2 Å². The molecule has 0 saturated heterocycles. The summed E-state index contributed by atoms with van der Waals surface area (Å²) < 4.78 is 0. The van der Waals surface area contributed by atoms with E-state index in [9.17, 15) is 5.26 Å². The molecular formula is C16H16N2OS. The zero-order chi connectivity index (χ0) is 14.5. The van der Waals surface area contributed by atoms with Crippen molar-refractivity contribution in [1.82, 2.24) is 4.98 Å². The van der Waals surface area contributed by atoms with Gasteiger partial charge in [0.05, 0.1) is 12.2 Å². The molecule has 3 nitrogen and oxygen atoms in total. The number of aliphatic hydroxyl groups is 1. The van der Waals surface area contributed by atoms with E-state index in [0.717, 1.165) is 33.2 Å². The van der Waals surface area contributed by atoms with Crippen LogP contribution < -0.4 is 0 Å². The molecule has 0 aliphatic carbocycles. The summed E-state index contributed by atoms with van der Waals surface area (Å²) in [5.41, 5.74) is 4.61. The van der Waals surface area contributed by atoms with E-state index in [1.807, 2.05) is 44.2 Å². The van der Waals surface area contributed by atoms with Gasteiger partial charge in [-0.15, -0.1) is 11.8 Å². The molecule has 1 N–H and O–H groups in total. The number of benzene rings is 1. The summed E-state index contributed by atoms with van der Waals surface area (Å²) >= 11 is 1.57. The molecule has 0 fully saturated rings. The van der Waals surface area contributed by atoms with Crippen LogP contribution in [0.2, 0.25) is 0 Å². The third-order valence-corrected chi connectivity index (χ3v) is 4.05. The maximum Gasteiger partial charge on any atom is 0.115 e. The second-order valence-corrected chi connectivity index (χ2v) is 5.60. The highest BCUT2D eigenvalue weighted by molar-refractivity contribution is 7.98. The van der Waals surface area contributed by atoms with Crippen LogP contribution in [0.3, 0.4) is 0 Å². The lowest BCUT2D eigenvalue weighted by Gasteiger charge is -2.07. The zero-order valence-corrected chi connectivity index (χ0v) is 12.4. The number of thioether (sulfide) groups is 1. The lowest BCUT2D eigenvalue weighted by atomic mass is 10.1. The molecular weight excluding hydrogens is 268 g/mol. The summed E-state index contributed by atoms with van der Waals surface area (Å²) in [6, 6.07) is 12.0. The van der Waals surface area contributed by atoms with E-state index in [4.69, 9.17) is 5.11 Å². The van der Waals surface area contributed by atoms with Crippen molar-refractivity contribution >= 4 is 11.8 Å². The van der Waals surface area contributed by atoms with Gasteiger partial charge in [-0.05, 0) is 36.6 Å². The molecule has 0 spiro atoms. The Labute approximate surface area is 123 Å². The third-order valence-electron chi connectivity index (χ3n) is 3.00. The molecule has 4 heteroatoms. The van der Waals surface area contributed by atoms with Crippen LogP contribution in [0.25, 0.3) is 0 Å². The second-order valence-electron chi connectivity index (χ2n) is 4.64. The van der Waals surface area contributed by atoms with Crippen LogP contribution in [-0.2, 0) is 12.4 Å². The average Bonchev–Trinajstić information content (AvgIpc) is 2.45. The van der Waals surface area contributed by atoms with E-state index in [1.54, 1.807) is 11.8 Å². The highest BCUT2D eigenvalue weighted by Gasteiger charge is 2.09. The molecule has 1 heterocycles. The molecule has 0 radical (unpaired) electrons. The maximum atomic E-state index is 9.22. The fourth-order valence-corrected chi connectivity index (χ4v) is 2.99. The minimum absolute atomic E-state index is 0.0602. The molecule has 2 rings (SSSR count). The summed E-state index contributed by atoms with van der Waals surface area (Å²) in [5.74, 6) is 0.760. The van der Waals surface area contributed by atoms with Gasteiger partial charge in [-0.2, -0.15) is 5.26 Å². The highest BCUT2D eigenvalue weighted by atomic mass is 32.2. The predicted molar refractivity (Wildman–Crippen MR) is 80.4 cm³/mol. The quantitative estimate of drug-likeness (QED) is 0.875. The number of pyridine rings is 1. The van der Waals surface area contributed by atoms with E-state index in [2.05, 4.69) is 11.1 Å². The number of aromatic nitrogens is 1. The number of nitrogens with zero attached hydrogens (tertiary/aromatic N) is 2. The lowest BCUT2D eigenvalue weighted by Crippen LogP contribution is -1.95. The first-order valence-electron chi connectivity index (χ1n) is 6.34. The van der Waals surface area contributed by atoms with E-state index in [-0.39, 0.29) is 6.61 Å². The van der Waals surface area contributed by atoms with Gasteiger partial charge in [0, 0.05) is 11.4 Å². The van der Waals surface area contributed by atoms with Gasteiger partial charge in [-0.1, -0.05) is 24.3 Å².